The molecule has 2 aromatic rings. The van der Waals surface area contributed by atoms with Crippen LogP contribution in [-0.4, -0.2) is 4.98 Å². The first kappa shape index (κ1) is 8.88. The summed E-state index contributed by atoms with van der Waals surface area (Å²) in [6, 6.07) is 8.35. The molecule has 0 amide bonds. The summed E-state index contributed by atoms with van der Waals surface area (Å²) in [6.45, 7) is 0. The number of H-pyrrole nitrogens is 1. The Morgan fingerprint density at radius 2 is 1.43 bits per heavy atom. The van der Waals surface area contributed by atoms with Crippen LogP contribution in [0.1, 0.15) is 11.1 Å². The van der Waals surface area contributed by atoms with Crippen LogP contribution in [0.5, 0.6) is 0 Å². The number of hydrogen-bond acceptors (Lipinski definition) is 1. The Labute approximate surface area is 83.7 Å². The van der Waals surface area contributed by atoms with Crippen LogP contribution in [0.4, 0.5) is 0 Å². The van der Waals surface area contributed by atoms with Crippen molar-refractivity contribution in [3.8, 4) is 0 Å². The second kappa shape index (κ2) is 4.51. The summed E-state index contributed by atoms with van der Waals surface area (Å²) in [7, 11) is 0. The van der Waals surface area contributed by atoms with Crippen LogP contribution >= 0.6 is 0 Å². The first-order valence-electron chi connectivity index (χ1n) is 4.79. The summed E-state index contributed by atoms with van der Waals surface area (Å²) in [5.74, 6) is 0. The van der Waals surface area contributed by atoms with Gasteiger partial charge in [0.1, 0.15) is 0 Å². The zero-order valence-electron chi connectivity index (χ0n) is 7.98. The van der Waals surface area contributed by atoms with Crippen LogP contribution in [-0.2, 0) is 12.8 Å². The molecule has 0 atom stereocenters. The predicted molar refractivity (Wildman–Crippen MR) is 54.6 cm³/mol. The van der Waals surface area contributed by atoms with Crippen LogP contribution in [0.3, 0.4) is 0 Å². The average molecular weight is 185 g/mol. The van der Waals surface area contributed by atoms with E-state index in [1.165, 1.54) is 11.1 Å². The van der Waals surface area contributed by atoms with E-state index in [0.29, 0.717) is 0 Å². The van der Waals surface area contributed by atoms with Gasteiger partial charge in [-0.15, -0.1) is 0 Å². The lowest BCUT2D eigenvalue weighted by atomic mass is 10.1. The summed E-state index contributed by atoms with van der Waals surface area (Å²) in [5.41, 5.74) is 2.70. The lowest BCUT2D eigenvalue weighted by Gasteiger charge is -1.99. The highest BCUT2D eigenvalue weighted by Crippen LogP contribution is 2.04. The Morgan fingerprint density at radius 1 is 0.857 bits per heavy atom. The molecule has 2 nitrogen and oxygen atoms in total. The highest BCUT2D eigenvalue weighted by atomic mass is 14.6. The normalized spacial score (nSPS) is 10.0. The lowest BCUT2D eigenvalue weighted by Crippen LogP contribution is -1.99. The van der Waals surface area contributed by atoms with Gasteiger partial charge in [0.05, 0.1) is 0 Å². The van der Waals surface area contributed by atoms with Crippen LogP contribution in [0.25, 0.3) is 0 Å². The first-order valence-corrected chi connectivity index (χ1v) is 4.79. The maximum absolute atomic E-state index is 4.00. The van der Waals surface area contributed by atoms with Crippen LogP contribution in [0.15, 0.2) is 49.1 Å². The minimum absolute atomic E-state index is 1.08. The molecular formula is C12H13N2+. The second-order valence-corrected chi connectivity index (χ2v) is 3.26. The fraction of sp³-hybridized carbons (Fsp3) is 0.167. The fourth-order valence-corrected chi connectivity index (χ4v) is 1.43. The van der Waals surface area contributed by atoms with Gasteiger partial charge in [0, 0.05) is 24.5 Å². The maximum Gasteiger partial charge on any atom is 0.167 e. The third-order valence-electron chi connectivity index (χ3n) is 2.24. The molecule has 2 heterocycles. The number of aromatic nitrogens is 2. The van der Waals surface area contributed by atoms with Crippen LogP contribution in [0, 0.1) is 0 Å². The average Bonchev–Trinajstić information content (AvgIpc) is 2.29. The number of rotatable bonds is 3. The highest BCUT2D eigenvalue weighted by molar-refractivity contribution is 5.14. The Kier molecular flexibility index (Phi) is 2.86. The van der Waals surface area contributed by atoms with E-state index >= 15 is 0 Å². The van der Waals surface area contributed by atoms with Gasteiger partial charge in [-0.25, -0.2) is 4.98 Å². The SMILES string of the molecule is c1cc(CCc2cc[nH+]cc2)ccn1. The third kappa shape index (κ3) is 2.39. The minimum Gasteiger partial charge on any atom is -0.265 e. The van der Waals surface area contributed by atoms with Gasteiger partial charge < -0.3 is 0 Å². The standard InChI is InChI=1S/C12H12N2/c1(11-3-7-13-8-4-11)2-12-5-9-14-10-6-12/h3-10H,1-2H2/p+1. The number of pyridine rings is 2. The van der Waals surface area contributed by atoms with Crippen LogP contribution in [0.2, 0.25) is 0 Å². The number of hydrogen-bond donors (Lipinski definition) is 0. The van der Waals surface area contributed by atoms with Gasteiger partial charge >= 0.3 is 0 Å². The summed E-state index contributed by atoms with van der Waals surface area (Å²) >= 11 is 0. The largest absolute Gasteiger partial charge is 0.265 e. The number of nitrogens with one attached hydrogen (secondary N) is 1. The van der Waals surface area contributed by atoms with Crippen molar-refractivity contribution < 1.29 is 4.98 Å². The number of aromatic amines is 1. The minimum atomic E-state index is 1.08. The molecule has 0 bridgehead atoms. The molecule has 0 radical (unpaired) electrons. The summed E-state index contributed by atoms with van der Waals surface area (Å²) in [6.07, 6.45) is 9.76. The van der Waals surface area contributed by atoms with E-state index in [1.807, 2.05) is 24.8 Å². The van der Waals surface area contributed by atoms with E-state index in [1.54, 1.807) is 0 Å². The molecule has 0 spiro atoms. The predicted octanol–water partition coefficient (Wildman–Crippen LogP) is 1.68. The van der Waals surface area contributed by atoms with Gasteiger partial charge in [0.25, 0.3) is 0 Å². The zero-order valence-corrected chi connectivity index (χ0v) is 7.98. The summed E-state index contributed by atoms with van der Waals surface area (Å²) < 4.78 is 0. The van der Waals surface area contributed by atoms with Crippen molar-refractivity contribution in [3.05, 3.63) is 60.2 Å². The van der Waals surface area contributed by atoms with Crippen molar-refractivity contribution >= 4 is 0 Å². The highest BCUT2D eigenvalue weighted by Gasteiger charge is 1.95. The maximum atomic E-state index is 4.00. The molecule has 0 aromatic carbocycles. The van der Waals surface area contributed by atoms with E-state index in [-0.39, 0.29) is 0 Å². The monoisotopic (exact) mass is 185 g/mol. The lowest BCUT2D eigenvalue weighted by molar-refractivity contribution is -0.378. The van der Waals surface area contributed by atoms with Crippen molar-refractivity contribution in [1.29, 1.82) is 0 Å². The van der Waals surface area contributed by atoms with Gasteiger partial charge in [-0.3, -0.25) is 4.98 Å². The molecule has 0 fully saturated rings. The van der Waals surface area contributed by atoms with Crippen molar-refractivity contribution in [1.82, 2.24) is 4.98 Å². The third-order valence-corrected chi connectivity index (χ3v) is 2.24. The van der Waals surface area contributed by atoms with Crippen LogP contribution < -0.4 is 4.98 Å². The van der Waals surface area contributed by atoms with Gasteiger partial charge in [-0.05, 0) is 36.1 Å². The van der Waals surface area contributed by atoms with Crippen molar-refractivity contribution in [2.45, 2.75) is 12.8 Å². The Morgan fingerprint density at radius 3 is 2.07 bits per heavy atom. The van der Waals surface area contributed by atoms with Crippen molar-refractivity contribution in [2.24, 2.45) is 0 Å². The van der Waals surface area contributed by atoms with Gasteiger partial charge in [0.15, 0.2) is 12.4 Å². The smallest absolute Gasteiger partial charge is 0.167 e. The second-order valence-electron chi connectivity index (χ2n) is 3.26. The van der Waals surface area contributed by atoms with E-state index in [4.69, 9.17) is 0 Å². The summed E-state index contributed by atoms with van der Waals surface area (Å²) in [4.78, 5) is 7.02. The van der Waals surface area contributed by atoms with Crippen molar-refractivity contribution in [2.75, 3.05) is 0 Å². The molecule has 14 heavy (non-hydrogen) atoms. The fourth-order valence-electron chi connectivity index (χ4n) is 1.43. The topological polar surface area (TPSA) is 27.0 Å². The van der Waals surface area contributed by atoms with E-state index < -0.39 is 0 Å². The first-order chi connectivity index (χ1) is 6.95. The zero-order chi connectivity index (χ0) is 9.64. The molecule has 2 heteroatoms. The van der Waals surface area contributed by atoms with Gasteiger partial charge in [0.2, 0.25) is 0 Å². The molecule has 2 aromatic heterocycles. The Balaban J connectivity index is 1.96. The molecule has 70 valence electrons. The Bertz CT molecular complexity index is 331. The number of aryl methyl sites for hydroxylation is 2. The van der Waals surface area contributed by atoms with Gasteiger partial charge in [-0.2, -0.15) is 0 Å². The molecule has 0 aliphatic heterocycles. The van der Waals surface area contributed by atoms with Crippen molar-refractivity contribution in [3.63, 3.8) is 0 Å². The molecule has 1 N–H and O–H groups in total. The number of nitrogens with zero attached hydrogens (tertiary/aromatic N) is 1. The molecular weight excluding hydrogens is 172 g/mol. The molecule has 2 rings (SSSR count). The Hall–Kier alpha value is -1.70. The quantitative estimate of drug-likeness (QED) is 0.714. The summed E-state index contributed by atoms with van der Waals surface area (Å²) in [5, 5.41) is 0. The van der Waals surface area contributed by atoms with E-state index in [2.05, 4.69) is 34.2 Å². The molecule has 0 saturated heterocycles. The van der Waals surface area contributed by atoms with Gasteiger partial charge in [-0.1, -0.05) is 0 Å². The molecule has 0 aliphatic carbocycles. The molecule has 0 unspecified atom stereocenters. The molecule has 0 aliphatic rings. The van der Waals surface area contributed by atoms with E-state index in [0.717, 1.165) is 12.8 Å². The van der Waals surface area contributed by atoms with E-state index in [9.17, 15) is 0 Å². The molecule has 0 saturated carbocycles.